The number of anilines is 1. The molecule has 92 valence electrons. The highest BCUT2D eigenvalue weighted by atomic mass is 16.5. The summed E-state index contributed by atoms with van der Waals surface area (Å²) in [6.45, 7) is 0.937. The average molecular weight is 236 g/mol. The maximum atomic E-state index is 12.2. The van der Waals surface area contributed by atoms with Crippen molar-refractivity contribution in [1.82, 2.24) is 4.90 Å². The van der Waals surface area contributed by atoms with Crippen molar-refractivity contribution < 1.29 is 14.6 Å². The first kappa shape index (κ1) is 11.7. The second-order valence-corrected chi connectivity index (χ2v) is 4.12. The van der Waals surface area contributed by atoms with Crippen LogP contribution in [0.5, 0.6) is 5.75 Å². The lowest BCUT2D eigenvalue weighted by molar-refractivity contribution is 0.0765. The third-order valence-corrected chi connectivity index (χ3v) is 2.97. The van der Waals surface area contributed by atoms with Gasteiger partial charge in [-0.2, -0.15) is 0 Å². The molecule has 1 saturated heterocycles. The second kappa shape index (κ2) is 4.63. The van der Waals surface area contributed by atoms with E-state index in [1.165, 1.54) is 7.11 Å². The van der Waals surface area contributed by atoms with Crippen molar-refractivity contribution >= 4 is 11.6 Å². The molecule has 0 saturated carbocycles. The average Bonchev–Trinajstić information content (AvgIpc) is 2.75. The first-order valence-electron chi connectivity index (χ1n) is 5.53. The fourth-order valence-electron chi connectivity index (χ4n) is 2.01. The van der Waals surface area contributed by atoms with E-state index in [9.17, 15) is 9.90 Å². The molecule has 3 N–H and O–H groups in total. The summed E-state index contributed by atoms with van der Waals surface area (Å²) < 4.78 is 5.07. The Morgan fingerprint density at radius 1 is 1.59 bits per heavy atom. The van der Waals surface area contributed by atoms with E-state index in [-0.39, 0.29) is 5.91 Å². The van der Waals surface area contributed by atoms with Gasteiger partial charge in [0.15, 0.2) is 0 Å². The molecule has 0 bridgehead atoms. The first-order valence-corrected chi connectivity index (χ1v) is 5.53. The summed E-state index contributed by atoms with van der Waals surface area (Å²) in [5.41, 5.74) is 6.64. The van der Waals surface area contributed by atoms with Crippen LogP contribution < -0.4 is 10.5 Å². The Bertz CT molecular complexity index is 434. The Morgan fingerprint density at radius 2 is 2.35 bits per heavy atom. The number of para-hydroxylation sites is 1. The van der Waals surface area contributed by atoms with Crippen LogP contribution in [0.1, 0.15) is 16.8 Å². The fourth-order valence-corrected chi connectivity index (χ4v) is 2.01. The van der Waals surface area contributed by atoms with Crippen LogP contribution in [-0.2, 0) is 0 Å². The molecule has 1 aliphatic rings. The van der Waals surface area contributed by atoms with Gasteiger partial charge in [0.1, 0.15) is 5.75 Å². The number of carbonyl (C=O) groups excluding carboxylic acids is 1. The smallest absolute Gasteiger partial charge is 0.256 e. The summed E-state index contributed by atoms with van der Waals surface area (Å²) in [6, 6.07) is 5.12. The lowest BCUT2D eigenvalue weighted by Crippen LogP contribution is -2.30. The maximum absolute atomic E-state index is 12.2. The number of rotatable bonds is 2. The van der Waals surface area contributed by atoms with E-state index in [1.807, 2.05) is 0 Å². The van der Waals surface area contributed by atoms with Gasteiger partial charge in [0, 0.05) is 13.1 Å². The zero-order valence-corrected chi connectivity index (χ0v) is 9.72. The Balaban J connectivity index is 2.25. The van der Waals surface area contributed by atoms with Gasteiger partial charge in [0.25, 0.3) is 5.91 Å². The molecule has 1 aliphatic heterocycles. The number of hydrogen-bond donors (Lipinski definition) is 2. The quantitative estimate of drug-likeness (QED) is 0.732. The minimum Gasteiger partial charge on any atom is -0.495 e. The molecule has 1 unspecified atom stereocenters. The minimum absolute atomic E-state index is 0.155. The number of benzene rings is 1. The number of nitrogen functional groups attached to an aromatic ring is 1. The van der Waals surface area contributed by atoms with Crippen molar-refractivity contribution in [3.63, 3.8) is 0 Å². The second-order valence-electron chi connectivity index (χ2n) is 4.12. The Hall–Kier alpha value is -1.75. The number of likely N-dealkylation sites (tertiary alicyclic amines) is 1. The molecule has 1 amide bonds. The van der Waals surface area contributed by atoms with Crippen LogP contribution in [0.3, 0.4) is 0 Å². The first-order chi connectivity index (χ1) is 8.13. The normalized spacial score (nSPS) is 19.4. The summed E-state index contributed by atoms with van der Waals surface area (Å²) in [5, 5.41) is 9.42. The van der Waals surface area contributed by atoms with Gasteiger partial charge in [-0.15, -0.1) is 0 Å². The predicted octanol–water partition coefficient (Wildman–Crippen LogP) is 0.484. The van der Waals surface area contributed by atoms with Crippen molar-refractivity contribution in [3.8, 4) is 5.75 Å². The van der Waals surface area contributed by atoms with Gasteiger partial charge in [-0.1, -0.05) is 6.07 Å². The molecule has 1 heterocycles. The Labute approximate surface area is 99.8 Å². The number of carbonyl (C=O) groups is 1. The van der Waals surface area contributed by atoms with E-state index in [0.29, 0.717) is 36.5 Å². The van der Waals surface area contributed by atoms with Crippen LogP contribution >= 0.6 is 0 Å². The summed E-state index contributed by atoms with van der Waals surface area (Å²) in [7, 11) is 1.51. The number of nitrogens with zero attached hydrogens (tertiary/aromatic N) is 1. The molecule has 1 aromatic rings. The summed E-state index contributed by atoms with van der Waals surface area (Å²) in [5.74, 6) is 0.341. The number of nitrogens with two attached hydrogens (primary N) is 1. The van der Waals surface area contributed by atoms with Gasteiger partial charge in [0.05, 0.1) is 24.5 Å². The Kier molecular flexibility index (Phi) is 3.19. The number of methoxy groups -OCH3 is 1. The van der Waals surface area contributed by atoms with Gasteiger partial charge >= 0.3 is 0 Å². The standard InChI is InChI=1S/C12H16N2O3/c1-17-10-4-2-3-9(11(10)13)12(16)14-6-5-8(15)7-14/h2-4,8,15H,5-7,13H2,1H3. The molecule has 1 atom stereocenters. The van der Waals surface area contributed by atoms with Gasteiger partial charge in [-0.3, -0.25) is 4.79 Å². The van der Waals surface area contributed by atoms with Gasteiger partial charge in [-0.25, -0.2) is 0 Å². The summed E-state index contributed by atoms with van der Waals surface area (Å²) in [6.07, 6.45) is 0.195. The highest BCUT2D eigenvalue weighted by Crippen LogP contribution is 2.26. The monoisotopic (exact) mass is 236 g/mol. The number of aliphatic hydroxyl groups excluding tert-OH is 1. The molecule has 17 heavy (non-hydrogen) atoms. The molecule has 1 fully saturated rings. The molecular formula is C12H16N2O3. The zero-order chi connectivity index (χ0) is 12.4. The molecule has 0 aromatic heterocycles. The van der Waals surface area contributed by atoms with Crippen LogP contribution in [0, 0.1) is 0 Å². The summed E-state index contributed by atoms with van der Waals surface area (Å²) >= 11 is 0. The van der Waals surface area contributed by atoms with Gasteiger partial charge in [-0.05, 0) is 18.6 Å². The van der Waals surface area contributed by atoms with Crippen LogP contribution in [0.15, 0.2) is 18.2 Å². The summed E-state index contributed by atoms with van der Waals surface area (Å²) in [4.78, 5) is 13.8. The number of hydrogen-bond acceptors (Lipinski definition) is 4. The predicted molar refractivity (Wildman–Crippen MR) is 63.9 cm³/mol. The molecule has 0 spiro atoms. The molecule has 0 radical (unpaired) electrons. The van der Waals surface area contributed by atoms with Crippen LogP contribution in [0.2, 0.25) is 0 Å². The zero-order valence-electron chi connectivity index (χ0n) is 9.72. The largest absolute Gasteiger partial charge is 0.495 e. The molecule has 5 heteroatoms. The highest BCUT2D eigenvalue weighted by molar-refractivity contribution is 6.00. The number of ether oxygens (including phenoxy) is 1. The number of aliphatic hydroxyl groups is 1. The van der Waals surface area contributed by atoms with E-state index < -0.39 is 6.10 Å². The third kappa shape index (κ3) is 2.19. The fraction of sp³-hybridized carbons (Fsp3) is 0.417. The van der Waals surface area contributed by atoms with E-state index in [1.54, 1.807) is 23.1 Å². The van der Waals surface area contributed by atoms with E-state index >= 15 is 0 Å². The van der Waals surface area contributed by atoms with Gasteiger partial charge < -0.3 is 20.5 Å². The van der Waals surface area contributed by atoms with Crippen molar-refractivity contribution in [2.45, 2.75) is 12.5 Å². The van der Waals surface area contributed by atoms with Crippen molar-refractivity contribution in [2.75, 3.05) is 25.9 Å². The van der Waals surface area contributed by atoms with Crippen LogP contribution in [0.25, 0.3) is 0 Å². The van der Waals surface area contributed by atoms with E-state index in [4.69, 9.17) is 10.5 Å². The lowest BCUT2D eigenvalue weighted by Gasteiger charge is -2.17. The van der Waals surface area contributed by atoms with E-state index in [2.05, 4.69) is 0 Å². The van der Waals surface area contributed by atoms with Crippen LogP contribution in [-0.4, -0.2) is 42.2 Å². The van der Waals surface area contributed by atoms with Crippen LogP contribution in [0.4, 0.5) is 5.69 Å². The topological polar surface area (TPSA) is 75.8 Å². The molecular weight excluding hydrogens is 220 g/mol. The van der Waals surface area contributed by atoms with E-state index in [0.717, 1.165) is 0 Å². The lowest BCUT2D eigenvalue weighted by atomic mass is 10.1. The third-order valence-electron chi connectivity index (χ3n) is 2.97. The van der Waals surface area contributed by atoms with Crippen molar-refractivity contribution in [2.24, 2.45) is 0 Å². The Morgan fingerprint density at radius 3 is 2.94 bits per heavy atom. The SMILES string of the molecule is COc1cccc(C(=O)N2CCC(O)C2)c1N. The minimum atomic E-state index is -0.425. The van der Waals surface area contributed by atoms with Gasteiger partial charge in [0.2, 0.25) is 0 Å². The molecule has 0 aliphatic carbocycles. The maximum Gasteiger partial charge on any atom is 0.256 e. The number of amides is 1. The molecule has 2 rings (SSSR count). The number of β-amino-alcohol motifs (C(OH)–C–C–N with tert-alkyl or cyclic N) is 1. The van der Waals surface area contributed by atoms with Crippen molar-refractivity contribution in [1.29, 1.82) is 0 Å². The molecule has 1 aromatic carbocycles. The van der Waals surface area contributed by atoms with Crippen molar-refractivity contribution in [3.05, 3.63) is 23.8 Å². The molecule has 5 nitrogen and oxygen atoms in total. The highest BCUT2D eigenvalue weighted by Gasteiger charge is 2.26.